The number of hydrogen-bond acceptors (Lipinski definition) is 1. The Labute approximate surface area is 142 Å². The summed E-state index contributed by atoms with van der Waals surface area (Å²) >= 11 is 0. The predicted molar refractivity (Wildman–Crippen MR) is 101 cm³/mol. The van der Waals surface area contributed by atoms with E-state index in [0.29, 0.717) is 27.8 Å². The summed E-state index contributed by atoms with van der Waals surface area (Å²) in [4.78, 5) is 11.6. The molecule has 0 aliphatic carbocycles. The minimum atomic E-state index is -1.86. The summed E-state index contributed by atoms with van der Waals surface area (Å²) < 4.78 is 0. The number of benzene rings is 1. The number of carboxylic acid groups (broad SMARTS) is 1. The number of carboxylic acids is 1. The number of aryl methyl sites for hydroxylation is 2. The maximum absolute atomic E-state index is 11.6. The molecule has 3 heteroatoms. The lowest BCUT2D eigenvalue weighted by Gasteiger charge is -2.38. The van der Waals surface area contributed by atoms with E-state index in [9.17, 15) is 9.90 Å². The van der Waals surface area contributed by atoms with Crippen LogP contribution >= 0.6 is 0 Å². The molecule has 0 bridgehead atoms. The van der Waals surface area contributed by atoms with Crippen LogP contribution in [0.25, 0.3) is 0 Å². The highest BCUT2D eigenvalue weighted by Gasteiger charge is 2.41. The first kappa shape index (κ1) is 19.5. The molecule has 0 amide bonds. The molecule has 0 atom stereocenters. The molecule has 23 heavy (non-hydrogen) atoms. The lowest BCUT2D eigenvalue weighted by atomic mass is 9.99. The summed E-state index contributed by atoms with van der Waals surface area (Å²) in [6, 6.07) is 3.82. The molecule has 1 aromatic carbocycles. The third-order valence-electron chi connectivity index (χ3n) is 4.97. The second-order valence-electron chi connectivity index (χ2n) is 7.46. The van der Waals surface area contributed by atoms with Crippen molar-refractivity contribution >= 4 is 14.0 Å². The molecule has 0 aliphatic rings. The van der Waals surface area contributed by atoms with E-state index in [-0.39, 0.29) is 0 Å². The Morgan fingerprint density at radius 3 is 1.87 bits per heavy atom. The van der Waals surface area contributed by atoms with Crippen molar-refractivity contribution < 1.29 is 9.90 Å². The van der Waals surface area contributed by atoms with Crippen LogP contribution in [0.1, 0.15) is 68.6 Å². The monoisotopic (exact) mass is 330 g/mol. The first-order valence-corrected chi connectivity index (χ1v) is 10.6. The van der Waals surface area contributed by atoms with E-state index in [0.717, 1.165) is 11.1 Å². The minimum absolute atomic E-state index is 0.349. The van der Waals surface area contributed by atoms with Gasteiger partial charge in [0.1, 0.15) is 8.07 Å². The second kappa shape index (κ2) is 7.36. The van der Waals surface area contributed by atoms with Crippen molar-refractivity contribution in [3.8, 4) is 11.5 Å². The van der Waals surface area contributed by atoms with Crippen LogP contribution < -0.4 is 0 Å². The normalized spacial score (nSPS) is 11.8. The molecule has 0 saturated heterocycles. The van der Waals surface area contributed by atoms with Gasteiger partial charge < -0.3 is 5.11 Å². The Morgan fingerprint density at radius 1 is 1.00 bits per heavy atom. The minimum Gasteiger partial charge on any atom is -0.478 e. The van der Waals surface area contributed by atoms with Crippen LogP contribution in [0.15, 0.2) is 12.1 Å². The van der Waals surface area contributed by atoms with Gasteiger partial charge in [0.25, 0.3) is 0 Å². The molecule has 0 aromatic heterocycles. The zero-order chi connectivity index (χ0) is 17.9. The Balaban J connectivity index is 3.59. The van der Waals surface area contributed by atoms with Crippen LogP contribution in [0.3, 0.4) is 0 Å². The van der Waals surface area contributed by atoms with E-state index in [2.05, 4.69) is 53.0 Å². The smallest absolute Gasteiger partial charge is 0.337 e. The molecule has 1 aromatic rings. The summed E-state index contributed by atoms with van der Waals surface area (Å²) in [5, 5.41) is 9.54. The molecule has 126 valence electrons. The summed E-state index contributed by atoms with van der Waals surface area (Å²) in [6.45, 7) is 17.4. The van der Waals surface area contributed by atoms with Crippen molar-refractivity contribution in [2.45, 2.75) is 72.0 Å². The molecule has 0 saturated carbocycles. The van der Waals surface area contributed by atoms with Gasteiger partial charge in [0.15, 0.2) is 0 Å². The van der Waals surface area contributed by atoms with E-state index >= 15 is 0 Å². The molecule has 0 radical (unpaired) electrons. The SMILES string of the molecule is Cc1cc(C)c(C(=O)O)c(C#C[Si](C(C)C)(C(C)C)C(C)C)c1. The first-order chi connectivity index (χ1) is 10.5. The van der Waals surface area contributed by atoms with Crippen LogP contribution in [-0.2, 0) is 0 Å². The molecule has 0 fully saturated rings. The van der Waals surface area contributed by atoms with Gasteiger partial charge in [0.05, 0.1) is 5.56 Å². The molecular weight excluding hydrogens is 300 g/mol. The summed E-state index contributed by atoms with van der Waals surface area (Å²) in [5.41, 5.74) is 8.09. The maximum atomic E-state index is 11.6. The van der Waals surface area contributed by atoms with Crippen LogP contribution in [-0.4, -0.2) is 19.1 Å². The van der Waals surface area contributed by atoms with Crippen LogP contribution in [0.4, 0.5) is 0 Å². The van der Waals surface area contributed by atoms with Crippen LogP contribution in [0, 0.1) is 25.3 Å². The highest BCUT2D eigenvalue weighted by Crippen LogP contribution is 2.40. The summed E-state index contributed by atoms with van der Waals surface area (Å²) in [6.07, 6.45) is 0. The number of carbonyl (C=O) groups is 1. The third-order valence-corrected chi connectivity index (χ3v) is 11.3. The molecule has 0 aliphatic heterocycles. The lowest BCUT2D eigenvalue weighted by Crippen LogP contribution is -2.43. The fourth-order valence-electron chi connectivity index (χ4n) is 3.96. The van der Waals surface area contributed by atoms with Gasteiger partial charge in [-0.3, -0.25) is 0 Å². The molecule has 0 unspecified atom stereocenters. The first-order valence-electron chi connectivity index (χ1n) is 8.41. The third kappa shape index (κ3) is 3.87. The lowest BCUT2D eigenvalue weighted by molar-refractivity contribution is 0.0696. The summed E-state index contributed by atoms with van der Waals surface area (Å²) in [5.74, 6) is 2.40. The van der Waals surface area contributed by atoms with Crippen molar-refractivity contribution in [2.24, 2.45) is 0 Å². The molecule has 2 nitrogen and oxygen atoms in total. The zero-order valence-corrected chi connectivity index (χ0v) is 16.7. The van der Waals surface area contributed by atoms with Crippen molar-refractivity contribution in [3.05, 3.63) is 34.4 Å². The number of aromatic carboxylic acids is 1. The van der Waals surface area contributed by atoms with E-state index in [4.69, 9.17) is 0 Å². The fourth-order valence-corrected chi connectivity index (χ4v) is 9.18. The molecule has 0 heterocycles. The van der Waals surface area contributed by atoms with Crippen LogP contribution in [0.5, 0.6) is 0 Å². The van der Waals surface area contributed by atoms with Gasteiger partial charge in [-0.15, -0.1) is 5.54 Å². The molecular formula is C20H30O2Si. The maximum Gasteiger partial charge on any atom is 0.337 e. The van der Waals surface area contributed by atoms with Gasteiger partial charge in [0, 0.05) is 5.56 Å². The van der Waals surface area contributed by atoms with E-state index < -0.39 is 14.0 Å². The van der Waals surface area contributed by atoms with E-state index in [1.807, 2.05) is 26.0 Å². The van der Waals surface area contributed by atoms with Crippen molar-refractivity contribution in [2.75, 3.05) is 0 Å². The zero-order valence-electron chi connectivity index (χ0n) is 15.7. The molecule has 1 N–H and O–H groups in total. The predicted octanol–water partition coefficient (Wildman–Crippen LogP) is 5.57. The molecule has 0 spiro atoms. The topological polar surface area (TPSA) is 37.3 Å². The highest BCUT2D eigenvalue weighted by atomic mass is 28.3. The van der Waals surface area contributed by atoms with Gasteiger partial charge in [-0.2, -0.15) is 0 Å². The van der Waals surface area contributed by atoms with Gasteiger partial charge in [-0.1, -0.05) is 53.5 Å². The number of hydrogen-bond donors (Lipinski definition) is 1. The van der Waals surface area contributed by atoms with Crippen LogP contribution in [0.2, 0.25) is 16.6 Å². The second-order valence-corrected chi connectivity index (χ2v) is 13.0. The Bertz CT molecular complexity index is 624. The number of rotatable bonds is 4. The van der Waals surface area contributed by atoms with Gasteiger partial charge >= 0.3 is 5.97 Å². The largest absolute Gasteiger partial charge is 0.478 e. The van der Waals surface area contributed by atoms with Gasteiger partial charge in [-0.05, 0) is 47.7 Å². The van der Waals surface area contributed by atoms with Gasteiger partial charge in [0.2, 0.25) is 0 Å². The Morgan fingerprint density at radius 2 is 1.48 bits per heavy atom. The highest BCUT2D eigenvalue weighted by molar-refractivity contribution is 6.90. The quantitative estimate of drug-likeness (QED) is 0.578. The van der Waals surface area contributed by atoms with Crippen molar-refractivity contribution in [3.63, 3.8) is 0 Å². The van der Waals surface area contributed by atoms with Crippen molar-refractivity contribution in [1.82, 2.24) is 0 Å². The standard InChI is InChI=1S/C20H30O2Si/c1-13(2)23(14(3)4,15(5)6)10-9-18-12-16(7)11-17(8)19(18)20(21)22/h11-15H,1-8H3,(H,21,22). The Kier molecular flexibility index (Phi) is 6.24. The van der Waals surface area contributed by atoms with Crippen molar-refractivity contribution in [1.29, 1.82) is 0 Å². The van der Waals surface area contributed by atoms with Gasteiger partial charge in [-0.25, -0.2) is 4.79 Å². The van der Waals surface area contributed by atoms with E-state index in [1.54, 1.807) is 0 Å². The average molecular weight is 331 g/mol. The van der Waals surface area contributed by atoms with E-state index in [1.165, 1.54) is 0 Å². The fraction of sp³-hybridized carbons (Fsp3) is 0.550. The Hall–Kier alpha value is -1.53. The molecule has 1 rings (SSSR count). The average Bonchev–Trinajstić information content (AvgIpc) is 2.36. The summed E-state index contributed by atoms with van der Waals surface area (Å²) in [7, 11) is -1.86.